The van der Waals surface area contributed by atoms with E-state index in [-0.39, 0.29) is 0 Å². The van der Waals surface area contributed by atoms with Crippen LogP contribution in [0.4, 0.5) is 22.7 Å². The highest BCUT2D eigenvalue weighted by Gasteiger charge is 2.27. The van der Waals surface area contributed by atoms with Crippen LogP contribution in [0.1, 0.15) is 12.5 Å². The maximum absolute atomic E-state index is 12.1. The second-order valence-electron chi connectivity index (χ2n) is 7.74. The van der Waals surface area contributed by atoms with Crippen LogP contribution in [0.15, 0.2) is 70.5 Å². The van der Waals surface area contributed by atoms with E-state index in [4.69, 9.17) is 21.1 Å². The number of fused-ring (bicyclic) bond motifs is 4. The Bertz CT molecular complexity index is 1420. The molecule has 1 heterocycles. The Hall–Kier alpha value is -3.35. The minimum atomic E-state index is -0.392. The zero-order chi connectivity index (χ0) is 23.1. The van der Waals surface area contributed by atoms with E-state index < -0.39 is 5.97 Å². The maximum Gasteiger partial charge on any atom is 0.308 e. The molecule has 0 amide bonds. The fourth-order valence-corrected chi connectivity index (χ4v) is 5.34. The van der Waals surface area contributed by atoms with Gasteiger partial charge in [0.1, 0.15) is 5.75 Å². The van der Waals surface area contributed by atoms with Crippen LogP contribution in [0, 0.1) is 6.92 Å². The lowest BCUT2D eigenvalue weighted by Gasteiger charge is -2.27. The van der Waals surface area contributed by atoms with Crippen molar-refractivity contribution in [2.75, 3.05) is 17.7 Å². The molecule has 0 spiro atoms. The summed E-state index contributed by atoms with van der Waals surface area (Å²) in [6.07, 6.45) is 0. The minimum absolute atomic E-state index is 0.392. The van der Waals surface area contributed by atoms with Gasteiger partial charge in [-0.2, -0.15) is 0 Å². The molecule has 0 aliphatic carbocycles. The van der Waals surface area contributed by atoms with Gasteiger partial charge in [0.15, 0.2) is 5.75 Å². The first kappa shape index (κ1) is 21.5. The first-order chi connectivity index (χ1) is 15.9. The summed E-state index contributed by atoms with van der Waals surface area (Å²) in [5.41, 5.74) is 4.45. The second kappa shape index (κ2) is 8.54. The Morgan fingerprint density at radius 2 is 1.85 bits per heavy atom. The molecule has 0 atom stereocenters. The molecule has 1 aliphatic heterocycles. The number of benzene rings is 4. The molecule has 0 bridgehead atoms. The van der Waals surface area contributed by atoms with Gasteiger partial charge in [0, 0.05) is 27.6 Å². The fraction of sp³-hybridized carbons (Fsp3) is 0.115. The van der Waals surface area contributed by atoms with Gasteiger partial charge < -0.3 is 20.1 Å². The van der Waals surface area contributed by atoms with E-state index in [0.717, 1.165) is 43.2 Å². The summed E-state index contributed by atoms with van der Waals surface area (Å²) >= 11 is 7.86. The van der Waals surface area contributed by atoms with Gasteiger partial charge >= 0.3 is 5.97 Å². The molecule has 0 aromatic heterocycles. The zero-order valence-electron chi connectivity index (χ0n) is 18.3. The van der Waals surface area contributed by atoms with Crippen LogP contribution in [-0.4, -0.2) is 13.1 Å². The molecular formula is C26H21ClN2O3S. The Kier molecular flexibility index (Phi) is 5.56. The monoisotopic (exact) mass is 476 g/mol. The molecule has 2 N–H and O–H groups in total. The largest absolute Gasteiger partial charge is 0.495 e. The second-order valence-corrected chi connectivity index (χ2v) is 9.23. The molecule has 0 radical (unpaired) electrons. The number of aryl methyl sites for hydroxylation is 1. The summed E-state index contributed by atoms with van der Waals surface area (Å²) < 4.78 is 11.4. The third-order valence-corrected chi connectivity index (χ3v) is 6.80. The zero-order valence-corrected chi connectivity index (χ0v) is 19.9. The van der Waals surface area contributed by atoms with Crippen molar-refractivity contribution in [3.05, 3.63) is 71.2 Å². The van der Waals surface area contributed by atoms with E-state index in [1.165, 1.54) is 6.92 Å². The SMILES string of the molecule is COc1ccc(C)cc1Nc1c2c(c3ccccc3c1OC(C)=O)Nc1ccc(Cl)cc1S2. The van der Waals surface area contributed by atoms with Crippen LogP contribution in [0.2, 0.25) is 5.02 Å². The highest BCUT2D eigenvalue weighted by molar-refractivity contribution is 8.00. The molecule has 0 saturated heterocycles. The van der Waals surface area contributed by atoms with Gasteiger partial charge in [-0.25, -0.2) is 0 Å². The molecule has 0 fully saturated rings. The van der Waals surface area contributed by atoms with E-state index >= 15 is 0 Å². The van der Waals surface area contributed by atoms with Crippen LogP contribution < -0.4 is 20.1 Å². The van der Waals surface area contributed by atoms with E-state index in [0.29, 0.717) is 22.2 Å². The number of carbonyl (C=O) groups is 1. The Morgan fingerprint density at radius 1 is 1.06 bits per heavy atom. The van der Waals surface area contributed by atoms with Gasteiger partial charge in [-0.05, 0) is 42.8 Å². The highest BCUT2D eigenvalue weighted by atomic mass is 35.5. The van der Waals surface area contributed by atoms with Crippen LogP contribution in [0.25, 0.3) is 10.8 Å². The summed E-state index contributed by atoms with van der Waals surface area (Å²) in [6.45, 7) is 3.42. The lowest BCUT2D eigenvalue weighted by molar-refractivity contribution is -0.131. The number of methoxy groups -OCH3 is 1. The number of ether oxygens (including phenoxy) is 2. The number of rotatable bonds is 4. The number of halogens is 1. The number of esters is 1. The highest BCUT2D eigenvalue weighted by Crippen LogP contribution is 2.55. The molecule has 1 aliphatic rings. The van der Waals surface area contributed by atoms with Crippen molar-refractivity contribution in [1.82, 2.24) is 0 Å². The number of anilines is 4. The number of hydrogen-bond donors (Lipinski definition) is 2. The number of nitrogens with one attached hydrogen (secondary N) is 2. The first-order valence-corrected chi connectivity index (χ1v) is 11.6. The van der Waals surface area contributed by atoms with Crippen LogP contribution in [0.3, 0.4) is 0 Å². The molecule has 166 valence electrons. The molecule has 0 saturated carbocycles. The predicted octanol–water partition coefficient (Wildman–Crippen LogP) is 7.69. The van der Waals surface area contributed by atoms with E-state index in [9.17, 15) is 4.79 Å². The van der Waals surface area contributed by atoms with E-state index in [1.54, 1.807) is 18.9 Å². The molecule has 33 heavy (non-hydrogen) atoms. The van der Waals surface area contributed by atoms with Crippen LogP contribution in [-0.2, 0) is 4.79 Å². The van der Waals surface area contributed by atoms with Crippen molar-refractivity contribution in [2.45, 2.75) is 23.6 Å². The standard InChI is InChI=1S/C26H21ClN2O3S/c1-14-8-11-21(31-3)20(12-14)29-24-25(32-15(2)30)18-7-5-4-6-17(18)23-26(24)33-22-13-16(27)9-10-19(22)28-23/h4-13,28-29H,1-3H3. The quantitative estimate of drug-likeness (QED) is 0.205. The van der Waals surface area contributed by atoms with Crippen molar-refractivity contribution in [1.29, 1.82) is 0 Å². The van der Waals surface area contributed by atoms with Gasteiger partial charge in [-0.3, -0.25) is 4.79 Å². The lowest BCUT2D eigenvalue weighted by atomic mass is 10.0. The molecule has 0 unspecified atom stereocenters. The summed E-state index contributed by atoms with van der Waals surface area (Å²) in [5.74, 6) is 0.769. The number of hydrogen-bond acceptors (Lipinski definition) is 6. The number of carbonyl (C=O) groups excluding carboxylic acids is 1. The van der Waals surface area contributed by atoms with Crippen molar-refractivity contribution in [2.24, 2.45) is 0 Å². The summed E-state index contributed by atoms with van der Waals surface area (Å²) in [5, 5.41) is 9.51. The van der Waals surface area contributed by atoms with E-state index in [1.807, 2.05) is 67.6 Å². The molecule has 5 nitrogen and oxygen atoms in total. The van der Waals surface area contributed by atoms with Crippen molar-refractivity contribution >= 4 is 62.9 Å². The van der Waals surface area contributed by atoms with Gasteiger partial charge in [0.2, 0.25) is 0 Å². The molecule has 4 aromatic rings. The third-order valence-electron chi connectivity index (χ3n) is 5.40. The Morgan fingerprint density at radius 3 is 2.61 bits per heavy atom. The lowest BCUT2D eigenvalue weighted by Crippen LogP contribution is -2.09. The van der Waals surface area contributed by atoms with Crippen LogP contribution >= 0.6 is 23.4 Å². The molecule has 5 rings (SSSR count). The third kappa shape index (κ3) is 3.96. The topological polar surface area (TPSA) is 59.6 Å². The fourth-order valence-electron chi connectivity index (χ4n) is 3.96. The molecule has 4 aromatic carbocycles. The molecule has 7 heteroatoms. The van der Waals surface area contributed by atoms with Gasteiger partial charge in [-0.1, -0.05) is 53.7 Å². The first-order valence-electron chi connectivity index (χ1n) is 10.4. The van der Waals surface area contributed by atoms with Crippen LogP contribution in [0.5, 0.6) is 11.5 Å². The van der Waals surface area contributed by atoms with Crippen molar-refractivity contribution < 1.29 is 14.3 Å². The smallest absolute Gasteiger partial charge is 0.308 e. The van der Waals surface area contributed by atoms with Gasteiger partial charge in [0.25, 0.3) is 0 Å². The molecular weight excluding hydrogens is 456 g/mol. The van der Waals surface area contributed by atoms with Gasteiger partial charge in [0.05, 0.1) is 34.8 Å². The van der Waals surface area contributed by atoms with Gasteiger partial charge in [-0.15, -0.1) is 0 Å². The Labute approximate surface area is 201 Å². The normalized spacial score (nSPS) is 11.9. The average molecular weight is 477 g/mol. The van der Waals surface area contributed by atoms with Crippen molar-refractivity contribution in [3.63, 3.8) is 0 Å². The van der Waals surface area contributed by atoms with Crippen molar-refractivity contribution in [3.8, 4) is 11.5 Å². The average Bonchev–Trinajstić information content (AvgIpc) is 2.80. The summed E-state index contributed by atoms with van der Waals surface area (Å²) in [6, 6.07) is 19.5. The summed E-state index contributed by atoms with van der Waals surface area (Å²) in [7, 11) is 1.63. The maximum atomic E-state index is 12.1. The summed E-state index contributed by atoms with van der Waals surface area (Å²) in [4.78, 5) is 14.0. The Balaban J connectivity index is 1.79. The van der Waals surface area contributed by atoms with E-state index in [2.05, 4.69) is 10.6 Å². The predicted molar refractivity (Wildman–Crippen MR) is 135 cm³/mol. The minimum Gasteiger partial charge on any atom is -0.495 e.